The molecule has 1 spiro atoms. The Labute approximate surface area is 183 Å². The van der Waals surface area contributed by atoms with E-state index in [1.165, 1.54) is 0 Å². The zero-order chi connectivity index (χ0) is 23.4. The van der Waals surface area contributed by atoms with E-state index >= 15 is 0 Å². The van der Waals surface area contributed by atoms with Crippen LogP contribution in [0, 0.1) is 0 Å². The SMILES string of the molecule is CCO[C@@H]1CO[C@@]2(CCCN(C(=O)c3ccc4ncccc4c3)C2)C1.O=C(O)C(F)(F)F. The summed E-state index contributed by atoms with van der Waals surface area (Å²) in [7, 11) is 0. The molecule has 1 N–H and O–H groups in total. The van der Waals surface area contributed by atoms with Gasteiger partial charge in [-0.2, -0.15) is 13.2 Å². The molecule has 1 aromatic carbocycles. The van der Waals surface area contributed by atoms with E-state index in [-0.39, 0.29) is 17.6 Å². The van der Waals surface area contributed by atoms with Crippen LogP contribution in [0.15, 0.2) is 36.5 Å². The monoisotopic (exact) mass is 454 g/mol. The first kappa shape index (κ1) is 23.9. The molecule has 32 heavy (non-hydrogen) atoms. The molecule has 2 saturated heterocycles. The van der Waals surface area contributed by atoms with Crippen LogP contribution in [0.4, 0.5) is 13.2 Å². The number of pyridine rings is 1. The van der Waals surface area contributed by atoms with Gasteiger partial charge >= 0.3 is 12.1 Å². The molecule has 0 unspecified atom stereocenters. The van der Waals surface area contributed by atoms with E-state index in [4.69, 9.17) is 19.4 Å². The predicted molar refractivity (Wildman–Crippen MR) is 109 cm³/mol. The van der Waals surface area contributed by atoms with E-state index in [2.05, 4.69) is 4.98 Å². The van der Waals surface area contributed by atoms with Gasteiger partial charge in [-0.1, -0.05) is 6.07 Å². The molecule has 2 aliphatic heterocycles. The number of rotatable bonds is 3. The molecule has 0 radical (unpaired) electrons. The van der Waals surface area contributed by atoms with Crippen LogP contribution < -0.4 is 0 Å². The molecule has 2 atom stereocenters. The van der Waals surface area contributed by atoms with Crippen molar-refractivity contribution in [2.24, 2.45) is 0 Å². The predicted octanol–water partition coefficient (Wildman–Crippen LogP) is 3.67. The molecule has 174 valence electrons. The lowest BCUT2D eigenvalue weighted by Crippen LogP contribution is -2.50. The van der Waals surface area contributed by atoms with Gasteiger partial charge in [0, 0.05) is 36.7 Å². The van der Waals surface area contributed by atoms with Crippen molar-refractivity contribution in [3.63, 3.8) is 0 Å². The average molecular weight is 454 g/mol. The minimum absolute atomic E-state index is 0.0771. The smallest absolute Gasteiger partial charge is 0.475 e. The van der Waals surface area contributed by atoms with Crippen LogP contribution in [0.25, 0.3) is 10.9 Å². The molecule has 1 aromatic heterocycles. The van der Waals surface area contributed by atoms with Crippen molar-refractivity contribution in [3.05, 3.63) is 42.1 Å². The maximum absolute atomic E-state index is 13.0. The van der Waals surface area contributed by atoms with Crippen LogP contribution in [-0.4, -0.2) is 71.1 Å². The number of aromatic nitrogens is 1. The van der Waals surface area contributed by atoms with Gasteiger partial charge in [0.2, 0.25) is 0 Å². The Balaban J connectivity index is 0.000000360. The molecule has 0 aliphatic carbocycles. The van der Waals surface area contributed by atoms with E-state index < -0.39 is 12.1 Å². The molecule has 3 heterocycles. The molecule has 0 saturated carbocycles. The maximum Gasteiger partial charge on any atom is 0.490 e. The van der Waals surface area contributed by atoms with Crippen LogP contribution in [0.1, 0.15) is 36.5 Å². The van der Waals surface area contributed by atoms with Gasteiger partial charge in [0.05, 0.1) is 30.4 Å². The molecule has 1 amide bonds. The number of fused-ring (bicyclic) bond motifs is 1. The number of aliphatic carboxylic acids is 1. The second kappa shape index (κ2) is 9.83. The molecule has 0 bridgehead atoms. The first-order valence-corrected chi connectivity index (χ1v) is 10.3. The molecule has 2 aliphatic rings. The van der Waals surface area contributed by atoms with Crippen LogP contribution >= 0.6 is 0 Å². The number of carboxylic acid groups (broad SMARTS) is 1. The standard InChI is InChI=1S/C20H24N2O3.C2HF3O2/c1-2-24-17-12-20(25-13-17)8-4-10-22(14-20)19(23)16-6-7-18-15(11-16)5-3-9-21-18;3-2(4,5)1(6)7/h3,5-7,9,11,17H,2,4,8,10,12-14H2,1H3;(H,6,7)/t17-,20-;/m0./s1. The summed E-state index contributed by atoms with van der Waals surface area (Å²) in [6.07, 6.45) is -0.301. The Kier molecular flexibility index (Phi) is 7.35. The molecule has 2 fully saturated rings. The van der Waals surface area contributed by atoms with Crippen LogP contribution in [0.3, 0.4) is 0 Å². The van der Waals surface area contributed by atoms with Crippen molar-refractivity contribution in [2.45, 2.75) is 44.1 Å². The summed E-state index contributed by atoms with van der Waals surface area (Å²) in [5.74, 6) is -2.68. The third-order valence-electron chi connectivity index (χ3n) is 5.50. The number of nitrogens with zero attached hydrogens (tertiary/aromatic N) is 2. The first-order valence-electron chi connectivity index (χ1n) is 10.3. The van der Waals surface area contributed by atoms with E-state index in [0.717, 1.165) is 42.3 Å². The molecular formula is C22H25F3N2O5. The minimum Gasteiger partial charge on any atom is -0.475 e. The zero-order valence-corrected chi connectivity index (χ0v) is 17.6. The second-order valence-electron chi connectivity index (χ2n) is 7.82. The van der Waals surface area contributed by atoms with Gasteiger partial charge in [-0.15, -0.1) is 0 Å². The highest BCUT2D eigenvalue weighted by atomic mass is 19.4. The Morgan fingerprint density at radius 1 is 1.34 bits per heavy atom. The van der Waals surface area contributed by atoms with E-state index in [0.29, 0.717) is 19.8 Å². The van der Waals surface area contributed by atoms with Crippen molar-refractivity contribution in [1.82, 2.24) is 9.88 Å². The number of piperidine rings is 1. The Bertz CT molecular complexity index is 968. The van der Waals surface area contributed by atoms with Crippen LogP contribution in [0.2, 0.25) is 0 Å². The number of halogens is 3. The van der Waals surface area contributed by atoms with Crippen LogP contribution in [0.5, 0.6) is 0 Å². The lowest BCUT2D eigenvalue weighted by molar-refractivity contribution is -0.192. The van der Waals surface area contributed by atoms with Crippen molar-refractivity contribution in [2.75, 3.05) is 26.3 Å². The van der Waals surface area contributed by atoms with Gasteiger partial charge in [-0.3, -0.25) is 9.78 Å². The van der Waals surface area contributed by atoms with Crippen molar-refractivity contribution in [1.29, 1.82) is 0 Å². The fraction of sp³-hybridized carbons (Fsp3) is 0.500. The highest BCUT2D eigenvalue weighted by molar-refractivity contribution is 5.98. The quantitative estimate of drug-likeness (QED) is 0.762. The number of alkyl halides is 3. The van der Waals surface area contributed by atoms with Crippen molar-refractivity contribution < 1.29 is 37.3 Å². The molecule has 10 heteroatoms. The van der Waals surface area contributed by atoms with Gasteiger partial charge in [-0.25, -0.2) is 4.79 Å². The van der Waals surface area contributed by atoms with Gasteiger partial charge in [0.25, 0.3) is 5.91 Å². The topological polar surface area (TPSA) is 89.0 Å². The number of carbonyl (C=O) groups excluding carboxylic acids is 1. The molecular weight excluding hydrogens is 429 g/mol. The Morgan fingerprint density at radius 3 is 2.78 bits per heavy atom. The first-order chi connectivity index (χ1) is 15.1. The number of benzene rings is 1. The number of carbonyl (C=O) groups is 2. The lowest BCUT2D eigenvalue weighted by Gasteiger charge is -2.39. The maximum atomic E-state index is 13.0. The number of carboxylic acids is 1. The highest BCUT2D eigenvalue weighted by Gasteiger charge is 2.45. The van der Waals surface area contributed by atoms with E-state index in [1.54, 1.807) is 6.20 Å². The van der Waals surface area contributed by atoms with Crippen molar-refractivity contribution in [3.8, 4) is 0 Å². The fourth-order valence-corrected chi connectivity index (χ4v) is 4.09. The number of likely N-dealkylation sites (tertiary alicyclic amines) is 1. The summed E-state index contributed by atoms with van der Waals surface area (Å²) < 4.78 is 43.6. The number of hydrogen-bond donors (Lipinski definition) is 1. The molecule has 4 rings (SSSR count). The summed E-state index contributed by atoms with van der Waals surface area (Å²) in [6.45, 7) is 4.79. The largest absolute Gasteiger partial charge is 0.490 e. The van der Waals surface area contributed by atoms with Gasteiger partial charge in [-0.05, 0) is 44.0 Å². The van der Waals surface area contributed by atoms with Gasteiger partial charge in [0.1, 0.15) is 0 Å². The van der Waals surface area contributed by atoms with Gasteiger partial charge < -0.3 is 19.5 Å². The number of amides is 1. The average Bonchev–Trinajstić information content (AvgIpc) is 3.14. The summed E-state index contributed by atoms with van der Waals surface area (Å²) in [6, 6.07) is 9.61. The fourth-order valence-electron chi connectivity index (χ4n) is 4.09. The summed E-state index contributed by atoms with van der Waals surface area (Å²) in [4.78, 5) is 28.2. The Morgan fingerprint density at radius 2 is 2.09 bits per heavy atom. The zero-order valence-electron chi connectivity index (χ0n) is 17.6. The minimum atomic E-state index is -5.08. The van der Waals surface area contributed by atoms with Crippen LogP contribution in [-0.2, 0) is 14.3 Å². The van der Waals surface area contributed by atoms with E-state index in [9.17, 15) is 18.0 Å². The lowest BCUT2D eigenvalue weighted by atomic mass is 9.89. The summed E-state index contributed by atoms with van der Waals surface area (Å²) in [5, 5.41) is 8.12. The highest BCUT2D eigenvalue weighted by Crippen LogP contribution is 2.36. The van der Waals surface area contributed by atoms with Crippen molar-refractivity contribution >= 4 is 22.8 Å². The normalized spacial score (nSPS) is 23.1. The summed E-state index contributed by atoms with van der Waals surface area (Å²) >= 11 is 0. The van der Waals surface area contributed by atoms with E-state index in [1.807, 2.05) is 42.2 Å². The third-order valence-corrected chi connectivity index (χ3v) is 5.50. The number of ether oxygens (including phenoxy) is 2. The Hall–Kier alpha value is -2.72. The summed E-state index contributed by atoms with van der Waals surface area (Å²) in [5.41, 5.74) is 1.40. The van der Waals surface area contributed by atoms with Gasteiger partial charge in [0.15, 0.2) is 0 Å². The molecule has 2 aromatic rings. The third kappa shape index (κ3) is 5.74. The number of hydrogen-bond acceptors (Lipinski definition) is 5. The molecule has 7 nitrogen and oxygen atoms in total. The second-order valence-corrected chi connectivity index (χ2v) is 7.82.